The van der Waals surface area contributed by atoms with E-state index in [-0.39, 0.29) is 0 Å². The van der Waals surface area contributed by atoms with Crippen LogP contribution in [-0.4, -0.2) is 5.78 Å². The van der Waals surface area contributed by atoms with Crippen molar-refractivity contribution < 1.29 is 4.79 Å². The zero-order chi connectivity index (χ0) is 7.14. The topological polar surface area (TPSA) is 17.1 Å². The smallest absolute Gasteiger partial charge is 0.133 e. The molecule has 0 aromatic heterocycles. The number of Topliss-reactive ketones (excluding diaryl/α,β-unsaturated/α-hetero) is 1. The Kier molecular flexibility index (Phi) is 1.33. The molecule has 56 valence electrons. The molecular weight excluding hydrogens is 124 g/mol. The summed E-state index contributed by atoms with van der Waals surface area (Å²) in [4.78, 5) is 11.0. The predicted molar refractivity (Wildman–Crippen MR) is 39.6 cm³/mol. The van der Waals surface area contributed by atoms with E-state index in [1.165, 1.54) is 25.7 Å². The second-order valence-electron chi connectivity index (χ2n) is 3.89. The first-order chi connectivity index (χ1) is 4.77. The van der Waals surface area contributed by atoms with Crippen LogP contribution in [0.25, 0.3) is 0 Å². The van der Waals surface area contributed by atoms with E-state index in [2.05, 4.69) is 0 Å². The monoisotopic (exact) mass is 138 g/mol. The molecular formula is C9H14O. The minimum Gasteiger partial charge on any atom is -0.300 e. The van der Waals surface area contributed by atoms with Crippen molar-refractivity contribution in [2.24, 2.45) is 17.8 Å². The Labute approximate surface area is 61.8 Å². The van der Waals surface area contributed by atoms with Crippen molar-refractivity contribution in [3.63, 3.8) is 0 Å². The van der Waals surface area contributed by atoms with E-state index in [1.807, 2.05) is 0 Å². The standard InChI is InChI=1S/C9H14O/c1-6(10)9-5-7-2-3-8(9)4-7/h7-9H,2-5H2,1H3/t7?,8?,9-/m1/s1. The molecule has 0 heterocycles. The second kappa shape index (κ2) is 2.08. The van der Waals surface area contributed by atoms with Crippen molar-refractivity contribution in [1.82, 2.24) is 0 Å². The lowest BCUT2D eigenvalue weighted by Gasteiger charge is -2.17. The molecule has 1 heteroatoms. The molecule has 1 nitrogen and oxygen atoms in total. The summed E-state index contributed by atoms with van der Waals surface area (Å²) in [6.07, 6.45) is 5.29. The Hall–Kier alpha value is -0.330. The molecule has 0 aromatic rings. The van der Waals surface area contributed by atoms with Crippen LogP contribution in [0.2, 0.25) is 0 Å². The Morgan fingerprint density at radius 1 is 1.30 bits per heavy atom. The van der Waals surface area contributed by atoms with Crippen molar-refractivity contribution in [2.45, 2.75) is 32.6 Å². The van der Waals surface area contributed by atoms with Gasteiger partial charge in [-0.1, -0.05) is 6.42 Å². The van der Waals surface area contributed by atoms with Crippen molar-refractivity contribution >= 4 is 5.78 Å². The summed E-state index contributed by atoms with van der Waals surface area (Å²) in [5.74, 6) is 2.59. The first-order valence-electron chi connectivity index (χ1n) is 4.28. The summed E-state index contributed by atoms with van der Waals surface area (Å²) in [6, 6.07) is 0. The number of ketones is 1. The normalized spacial score (nSPS) is 44.3. The molecule has 0 saturated heterocycles. The van der Waals surface area contributed by atoms with E-state index in [4.69, 9.17) is 0 Å². The van der Waals surface area contributed by atoms with Crippen LogP contribution in [0.1, 0.15) is 32.6 Å². The van der Waals surface area contributed by atoms with Gasteiger partial charge in [0.15, 0.2) is 0 Å². The van der Waals surface area contributed by atoms with Crippen molar-refractivity contribution in [3.8, 4) is 0 Å². The van der Waals surface area contributed by atoms with Gasteiger partial charge in [0.2, 0.25) is 0 Å². The highest BCUT2D eigenvalue weighted by atomic mass is 16.1. The molecule has 2 bridgehead atoms. The first-order valence-corrected chi connectivity index (χ1v) is 4.28. The van der Waals surface area contributed by atoms with Crippen molar-refractivity contribution in [2.75, 3.05) is 0 Å². The van der Waals surface area contributed by atoms with Crippen LogP contribution in [0, 0.1) is 17.8 Å². The summed E-state index contributed by atoms with van der Waals surface area (Å²) in [5.41, 5.74) is 0. The first kappa shape index (κ1) is 6.38. The fraction of sp³-hybridized carbons (Fsp3) is 0.889. The average Bonchev–Trinajstić information content (AvgIpc) is 2.44. The molecule has 0 amide bonds. The number of carbonyl (C=O) groups is 1. The predicted octanol–water partition coefficient (Wildman–Crippen LogP) is 2.01. The number of hydrogen-bond donors (Lipinski definition) is 0. The van der Waals surface area contributed by atoms with Crippen LogP contribution >= 0.6 is 0 Å². The summed E-state index contributed by atoms with van der Waals surface area (Å²) < 4.78 is 0. The Bertz CT molecular complexity index is 162. The van der Waals surface area contributed by atoms with Gasteiger partial charge >= 0.3 is 0 Å². The van der Waals surface area contributed by atoms with Gasteiger partial charge in [0, 0.05) is 5.92 Å². The summed E-state index contributed by atoms with van der Waals surface area (Å²) >= 11 is 0. The number of fused-ring (bicyclic) bond motifs is 2. The van der Waals surface area contributed by atoms with Crippen LogP contribution in [0.5, 0.6) is 0 Å². The maximum absolute atomic E-state index is 11.0. The molecule has 2 fully saturated rings. The van der Waals surface area contributed by atoms with E-state index in [1.54, 1.807) is 6.92 Å². The molecule has 0 aliphatic heterocycles. The zero-order valence-corrected chi connectivity index (χ0v) is 6.47. The van der Waals surface area contributed by atoms with Gasteiger partial charge in [-0.3, -0.25) is 4.79 Å². The molecule has 10 heavy (non-hydrogen) atoms. The summed E-state index contributed by atoms with van der Waals surface area (Å²) in [5, 5.41) is 0. The van der Waals surface area contributed by atoms with Crippen LogP contribution in [0.4, 0.5) is 0 Å². The minimum absolute atomic E-state index is 0.437. The molecule has 2 aliphatic rings. The fourth-order valence-electron chi connectivity index (χ4n) is 2.74. The Morgan fingerprint density at radius 2 is 2.10 bits per heavy atom. The maximum Gasteiger partial charge on any atom is 0.133 e. The number of rotatable bonds is 1. The van der Waals surface area contributed by atoms with Gasteiger partial charge in [-0.2, -0.15) is 0 Å². The third-order valence-electron chi connectivity index (χ3n) is 3.26. The van der Waals surface area contributed by atoms with Gasteiger partial charge in [0.25, 0.3) is 0 Å². The van der Waals surface area contributed by atoms with Crippen molar-refractivity contribution in [1.29, 1.82) is 0 Å². The zero-order valence-electron chi connectivity index (χ0n) is 6.47. The minimum atomic E-state index is 0.437. The molecule has 3 atom stereocenters. The highest BCUT2D eigenvalue weighted by Crippen LogP contribution is 2.48. The molecule has 0 radical (unpaired) electrons. The van der Waals surface area contributed by atoms with E-state index >= 15 is 0 Å². The third-order valence-corrected chi connectivity index (χ3v) is 3.26. The SMILES string of the molecule is CC(=O)[C@H]1CC2CCC1C2. The lowest BCUT2D eigenvalue weighted by atomic mass is 9.86. The number of carbonyl (C=O) groups excluding carboxylic acids is 1. The average molecular weight is 138 g/mol. The highest BCUT2D eigenvalue weighted by molar-refractivity contribution is 5.79. The highest BCUT2D eigenvalue weighted by Gasteiger charge is 2.41. The van der Waals surface area contributed by atoms with Gasteiger partial charge in [-0.05, 0) is 38.0 Å². The molecule has 2 saturated carbocycles. The molecule has 2 aliphatic carbocycles. The van der Waals surface area contributed by atoms with Gasteiger partial charge in [-0.25, -0.2) is 0 Å². The van der Waals surface area contributed by atoms with Crippen molar-refractivity contribution in [3.05, 3.63) is 0 Å². The van der Waals surface area contributed by atoms with Gasteiger partial charge in [0.05, 0.1) is 0 Å². The van der Waals surface area contributed by atoms with Crippen LogP contribution in [0.15, 0.2) is 0 Å². The summed E-state index contributed by atoms with van der Waals surface area (Å²) in [6.45, 7) is 1.76. The maximum atomic E-state index is 11.0. The second-order valence-corrected chi connectivity index (χ2v) is 3.89. The molecule has 2 unspecified atom stereocenters. The lowest BCUT2D eigenvalue weighted by Crippen LogP contribution is -2.17. The van der Waals surface area contributed by atoms with Crippen LogP contribution in [-0.2, 0) is 4.79 Å². The fourth-order valence-corrected chi connectivity index (χ4v) is 2.74. The van der Waals surface area contributed by atoms with E-state index in [0.29, 0.717) is 11.7 Å². The van der Waals surface area contributed by atoms with Gasteiger partial charge < -0.3 is 0 Å². The van der Waals surface area contributed by atoms with Gasteiger partial charge in [0.1, 0.15) is 5.78 Å². The number of hydrogen-bond acceptors (Lipinski definition) is 1. The van der Waals surface area contributed by atoms with E-state index < -0.39 is 0 Å². The van der Waals surface area contributed by atoms with Gasteiger partial charge in [-0.15, -0.1) is 0 Å². The largest absolute Gasteiger partial charge is 0.300 e. The molecule has 2 rings (SSSR count). The van der Waals surface area contributed by atoms with Crippen LogP contribution in [0.3, 0.4) is 0 Å². The Balaban J connectivity index is 2.08. The summed E-state index contributed by atoms with van der Waals surface area (Å²) in [7, 11) is 0. The lowest BCUT2D eigenvalue weighted by molar-refractivity contribution is -0.122. The molecule has 0 spiro atoms. The molecule has 0 aromatic carbocycles. The van der Waals surface area contributed by atoms with E-state index in [0.717, 1.165) is 11.8 Å². The third kappa shape index (κ3) is 0.799. The van der Waals surface area contributed by atoms with E-state index in [9.17, 15) is 4.79 Å². The quantitative estimate of drug-likeness (QED) is 0.541. The molecule has 0 N–H and O–H groups in total. The van der Waals surface area contributed by atoms with Crippen LogP contribution < -0.4 is 0 Å². The Morgan fingerprint density at radius 3 is 2.40 bits per heavy atom.